The summed E-state index contributed by atoms with van der Waals surface area (Å²) in [4.78, 5) is 4.60. The lowest BCUT2D eigenvalue weighted by Gasteiger charge is -2.28. The van der Waals surface area contributed by atoms with Gasteiger partial charge in [-0.3, -0.25) is 0 Å². The summed E-state index contributed by atoms with van der Waals surface area (Å²) in [6.45, 7) is 6.87. The summed E-state index contributed by atoms with van der Waals surface area (Å²) in [5.41, 5.74) is 1.25. The summed E-state index contributed by atoms with van der Waals surface area (Å²) in [5, 5.41) is 0.819. The molecule has 0 bridgehead atoms. The van der Waals surface area contributed by atoms with Crippen LogP contribution in [0.25, 0.3) is 0 Å². The van der Waals surface area contributed by atoms with Gasteiger partial charge in [-0.25, -0.2) is 4.98 Å². The van der Waals surface area contributed by atoms with E-state index in [1.807, 2.05) is 17.9 Å². The molecule has 1 atom stereocenters. The number of imidazole rings is 1. The molecule has 0 aromatic carbocycles. The Kier molecular flexibility index (Phi) is 7.65. The van der Waals surface area contributed by atoms with E-state index in [0.29, 0.717) is 0 Å². The fourth-order valence-corrected chi connectivity index (χ4v) is 3.21. The van der Waals surface area contributed by atoms with E-state index in [4.69, 9.17) is 11.6 Å². The third kappa shape index (κ3) is 4.80. The zero-order chi connectivity index (χ0) is 15.0. The SMILES string of the molecule is CCCCCCC(C)(CCCCC)c1ncn(C)c1Cl. The van der Waals surface area contributed by atoms with Crippen LogP contribution in [-0.4, -0.2) is 9.55 Å². The van der Waals surface area contributed by atoms with Crippen molar-refractivity contribution in [2.24, 2.45) is 7.05 Å². The van der Waals surface area contributed by atoms with Gasteiger partial charge in [0.25, 0.3) is 0 Å². The highest BCUT2D eigenvalue weighted by Crippen LogP contribution is 2.37. The molecule has 0 radical (unpaired) electrons. The molecule has 1 aromatic rings. The van der Waals surface area contributed by atoms with Gasteiger partial charge >= 0.3 is 0 Å². The molecule has 0 fully saturated rings. The number of nitrogens with zero attached hydrogens (tertiary/aromatic N) is 2. The Bertz CT molecular complexity index is 386. The first-order valence-corrected chi connectivity index (χ1v) is 8.60. The van der Waals surface area contributed by atoms with Crippen molar-refractivity contribution in [2.75, 3.05) is 0 Å². The Balaban J connectivity index is 2.74. The molecule has 0 saturated carbocycles. The van der Waals surface area contributed by atoms with Crippen molar-refractivity contribution in [1.29, 1.82) is 0 Å². The Morgan fingerprint density at radius 2 is 1.60 bits per heavy atom. The van der Waals surface area contributed by atoms with E-state index >= 15 is 0 Å². The molecule has 0 N–H and O–H groups in total. The second kappa shape index (κ2) is 8.71. The lowest BCUT2D eigenvalue weighted by Crippen LogP contribution is -2.23. The minimum Gasteiger partial charge on any atom is -0.325 e. The molecule has 2 nitrogen and oxygen atoms in total. The molecular formula is C17H31ClN2. The van der Waals surface area contributed by atoms with Gasteiger partial charge in [0.15, 0.2) is 0 Å². The lowest BCUT2D eigenvalue weighted by atomic mass is 9.77. The van der Waals surface area contributed by atoms with E-state index in [1.165, 1.54) is 57.8 Å². The van der Waals surface area contributed by atoms with Crippen LogP contribution in [0.4, 0.5) is 0 Å². The number of aromatic nitrogens is 2. The quantitative estimate of drug-likeness (QED) is 0.493. The van der Waals surface area contributed by atoms with Crippen molar-refractivity contribution in [1.82, 2.24) is 9.55 Å². The Morgan fingerprint density at radius 3 is 2.10 bits per heavy atom. The molecule has 0 aliphatic rings. The summed E-state index contributed by atoms with van der Waals surface area (Å²) in [7, 11) is 1.97. The Hall–Kier alpha value is -0.500. The Morgan fingerprint density at radius 1 is 1.05 bits per heavy atom. The molecule has 3 heteroatoms. The van der Waals surface area contributed by atoms with Crippen LogP contribution in [0.5, 0.6) is 0 Å². The second-order valence-electron chi connectivity index (χ2n) is 6.32. The zero-order valence-electron chi connectivity index (χ0n) is 13.7. The van der Waals surface area contributed by atoms with Gasteiger partial charge in [-0.05, 0) is 12.8 Å². The molecule has 20 heavy (non-hydrogen) atoms. The van der Waals surface area contributed by atoms with E-state index in [1.54, 1.807) is 0 Å². The fourth-order valence-electron chi connectivity index (χ4n) is 2.89. The number of rotatable bonds is 10. The smallest absolute Gasteiger partial charge is 0.132 e. The standard InChI is InChI=1S/C17H31ClN2/c1-5-7-9-11-13-17(3,12-10-8-6-2)15-16(18)20(4)14-19-15/h14H,5-13H2,1-4H3. The van der Waals surface area contributed by atoms with E-state index in [9.17, 15) is 0 Å². The van der Waals surface area contributed by atoms with Crippen molar-refractivity contribution >= 4 is 11.6 Å². The van der Waals surface area contributed by atoms with Crippen LogP contribution >= 0.6 is 11.6 Å². The summed E-state index contributed by atoms with van der Waals surface area (Å²) >= 11 is 6.45. The van der Waals surface area contributed by atoms with Gasteiger partial charge in [0.1, 0.15) is 5.15 Å². The van der Waals surface area contributed by atoms with E-state index in [0.717, 1.165) is 10.8 Å². The highest BCUT2D eigenvalue weighted by atomic mass is 35.5. The van der Waals surface area contributed by atoms with Gasteiger partial charge in [0, 0.05) is 12.5 Å². The highest BCUT2D eigenvalue weighted by molar-refractivity contribution is 6.30. The fraction of sp³-hybridized carbons (Fsp3) is 0.824. The lowest BCUT2D eigenvalue weighted by molar-refractivity contribution is 0.358. The summed E-state index contributed by atoms with van der Waals surface area (Å²) < 4.78 is 1.93. The maximum Gasteiger partial charge on any atom is 0.132 e. The average Bonchev–Trinajstić information content (AvgIpc) is 2.76. The molecule has 0 aliphatic carbocycles. The van der Waals surface area contributed by atoms with E-state index < -0.39 is 0 Å². The second-order valence-corrected chi connectivity index (χ2v) is 6.68. The highest BCUT2D eigenvalue weighted by Gasteiger charge is 2.30. The van der Waals surface area contributed by atoms with Gasteiger partial charge in [-0.1, -0.05) is 77.3 Å². The molecule has 1 aromatic heterocycles. The van der Waals surface area contributed by atoms with Gasteiger partial charge in [-0.15, -0.1) is 0 Å². The molecule has 0 spiro atoms. The predicted octanol–water partition coefficient (Wildman–Crippen LogP) is 5.88. The molecular weight excluding hydrogens is 268 g/mol. The van der Waals surface area contributed by atoms with Crippen LogP contribution in [0.1, 0.15) is 84.3 Å². The largest absolute Gasteiger partial charge is 0.325 e. The molecule has 0 amide bonds. The average molecular weight is 299 g/mol. The first-order valence-electron chi connectivity index (χ1n) is 8.22. The number of hydrogen-bond donors (Lipinski definition) is 0. The monoisotopic (exact) mass is 298 g/mol. The van der Waals surface area contributed by atoms with Gasteiger partial charge in [0.05, 0.1) is 12.0 Å². The van der Waals surface area contributed by atoms with Crippen LogP contribution < -0.4 is 0 Å². The molecule has 1 heterocycles. The first-order chi connectivity index (χ1) is 9.55. The van der Waals surface area contributed by atoms with Crippen LogP contribution in [0, 0.1) is 0 Å². The number of unbranched alkanes of at least 4 members (excludes halogenated alkanes) is 5. The summed E-state index contributed by atoms with van der Waals surface area (Å²) in [5.74, 6) is 0. The minimum atomic E-state index is 0.140. The third-order valence-electron chi connectivity index (χ3n) is 4.35. The minimum absolute atomic E-state index is 0.140. The zero-order valence-corrected chi connectivity index (χ0v) is 14.5. The van der Waals surface area contributed by atoms with Crippen molar-refractivity contribution in [3.63, 3.8) is 0 Å². The van der Waals surface area contributed by atoms with Gasteiger partial charge in [-0.2, -0.15) is 0 Å². The Labute approximate surface area is 129 Å². The van der Waals surface area contributed by atoms with Crippen molar-refractivity contribution in [2.45, 2.75) is 84.0 Å². The maximum absolute atomic E-state index is 6.45. The number of aryl methyl sites for hydroxylation is 1. The van der Waals surface area contributed by atoms with Crippen molar-refractivity contribution < 1.29 is 0 Å². The molecule has 0 saturated heterocycles. The topological polar surface area (TPSA) is 17.8 Å². The van der Waals surface area contributed by atoms with Crippen LogP contribution in [0.15, 0.2) is 6.33 Å². The number of hydrogen-bond acceptors (Lipinski definition) is 1. The van der Waals surface area contributed by atoms with Crippen molar-refractivity contribution in [3.05, 3.63) is 17.2 Å². The molecule has 116 valence electrons. The third-order valence-corrected chi connectivity index (χ3v) is 4.80. The van der Waals surface area contributed by atoms with E-state index in [-0.39, 0.29) is 5.41 Å². The van der Waals surface area contributed by atoms with Crippen LogP contribution in [0.2, 0.25) is 5.15 Å². The van der Waals surface area contributed by atoms with Gasteiger partial charge < -0.3 is 4.57 Å². The molecule has 0 aliphatic heterocycles. The molecule has 1 unspecified atom stereocenters. The van der Waals surface area contributed by atoms with Crippen LogP contribution in [-0.2, 0) is 12.5 Å². The summed E-state index contributed by atoms with van der Waals surface area (Å²) in [6.07, 6.45) is 13.3. The first kappa shape index (κ1) is 17.6. The van der Waals surface area contributed by atoms with Crippen LogP contribution in [0.3, 0.4) is 0 Å². The summed E-state index contributed by atoms with van der Waals surface area (Å²) in [6, 6.07) is 0. The van der Waals surface area contributed by atoms with Gasteiger partial charge in [0.2, 0.25) is 0 Å². The van der Waals surface area contributed by atoms with E-state index in [2.05, 4.69) is 25.8 Å². The number of halogens is 1. The molecule has 1 rings (SSSR count). The van der Waals surface area contributed by atoms with Crippen molar-refractivity contribution in [3.8, 4) is 0 Å². The predicted molar refractivity (Wildman–Crippen MR) is 88.5 cm³/mol. The maximum atomic E-state index is 6.45. The normalized spacial score (nSPS) is 14.4.